The van der Waals surface area contributed by atoms with Gasteiger partial charge in [-0.3, -0.25) is 9.59 Å². The standard InChI is InChI=1S/C18H20N2O3/c19-12-11-17(22)23-13-16(21)20-18(14-7-3-1-4-8-14)15-9-5-2-6-10-15/h1-10,18H,11-13,19H2,(H,20,21). The number of nitrogens with two attached hydrogens (primary N) is 1. The quantitative estimate of drug-likeness (QED) is 0.764. The van der Waals surface area contributed by atoms with Gasteiger partial charge in [0.15, 0.2) is 6.61 Å². The maximum Gasteiger partial charge on any atom is 0.307 e. The Bertz CT molecular complexity index is 590. The first kappa shape index (κ1) is 16.7. The zero-order valence-corrected chi connectivity index (χ0v) is 12.8. The summed E-state index contributed by atoms with van der Waals surface area (Å²) in [5.41, 5.74) is 7.18. The summed E-state index contributed by atoms with van der Waals surface area (Å²) in [6.45, 7) is -0.105. The molecule has 0 aliphatic carbocycles. The third kappa shape index (κ3) is 5.23. The van der Waals surface area contributed by atoms with Crippen LogP contribution in [-0.2, 0) is 14.3 Å². The highest BCUT2D eigenvalue weighted by molar-refractivity contribution is 5.81. The van der Waals surface area contributed by atoms with Crippen LogP contribution in [0.15, 0.2) is 60.7 Å². The van der Waals surface area contributed by atoms with Crippen molar-refractivity contribution in [2.75, 3.05) is 13.2 Å². The molecule has 0 atom stereocenters. The molecule has 0 aliphatic heterocycles. The Balaban J connectivity index is 2.07. The Morgan fingerprint density at radius 3 is 1.96 bits per heavy atom. The lowest BCUT2D eigenvalue weighted by Crippen LogP contribution is -2.33. The van der Waals surface area contributed by atoms with Gasteiger partial charge in [-0.2, -0.15) is 0 Å². The zero-order valence-electron chi connectivity index (χ0n) is 12.8. The zero-order chi connectivity index (χ0) is 16.5. The summed E-state index contributed by atoms with van der Waals surface area (Å²) in [7, 11) is 0. The molecule has 5 nitrogen and oxygen atoms in total. The molecule has 0 saturated carbocycles. The molecular weight excluding hydrogens is 292 g/mol. The van der Waals surface area contributed by atoms with Crippen LogP contribution >= 0.6 is 0 Å². The molecule has 0 saturated heterocycles. The average molecular weight is 312 g/mol. The predicted octanol–water partition coefficient (Wildman–Crippen LogP) is 1.78. The lowest BCUT2D eigenvalue weighted by Gasteiger charge is -2.19. The number of carbonyl (C=O) groups excluding carboxylic acids is 2. The van der Waals surface area contributed by atoms with Crippen molar-refractivity contribution in [3.05, 3.63) is 71.8 Å². The van der Waals surface area contributed by atoms with E-state index >= 15 is 0 Å². The Hall–Kier alpha value is -2.66. The van der Waals surface area contributed by atoms with Crippen LogP contribution < -0.4 is 11.1 Å². The predicted molar refractivity (Wildman–Crippen MR) is 87.5 cm³/mol. The number of ether oxygens (including phenoxy) is 1. The minimum absolute atomic E-state index is 0.105. The number of carbonyl (C=O) groups is 2. The SMILES string of the molecule is NCCC(=O)OCC(=O)NC(c1ccccc1)c1ccccc1. The Labute approximate surface area is 135 Å². The summed E-state index contributed by atoms with van der Waals surface area (Å²) < 4.78 is 4.89. The van der Waals surface area contributed by atoms with Gasteiger partial charge in [-0.1, -0.05) is 60.7 Å². The van der Waals surface area contributed by atoms with Crippen molar-refractivity contribution in [1.82, 2.24) is 5.32 Å². The molecule has 2 aromatic carbocycles. The first-order valence-corrected chi connectivity index (χ1v) is 7.45. The van der Waals surface area contributed by atoms with Gasteiger partial charge >= 0.3 is 5.97 Å². The molecule has 23 heavy (non-hydrogen) atoms. The van der Waals surface area contributed by atoms with E-state index in [1.165, 1.54) is 0 Å². The molecule has 5 heteroatoms. The lowest BCUT2D eigenvalue weighted by molar-refractivity contribution is -0.148. The number of rotatable bonds is 7. The smallest absolute Gasteiger partial charge is 0.307 e. The second-order valence-electron chi connectivity index (χ2n) is 5.02. The fourth-order valence-electron chi connectivity index (χ4n) is 2.19. The Morgan fingerprint density at radius 1 is 0.957 bits per heavy atom. The second-order valence-corrected chi connectivity index (χ2v) is 5.02. The molecule has 1 amide bonds. The van der Waals surface area contributed by atoms with Crippen LogP contribution in [0.1, 0.15) is 23.6 Å². The number of amides is 1. The number of nitrogens with one attached hydrogen (secondary N) is 1. The maximum atomic E-state index is 12.1. The van der Waals surface area contributed by atoms with E-state index in [1.807, 2.05) is 60.7 Å². The molecule has 0 radical (unpaired) electrons. The van der Waals surface area contributed by atoms with Crippen LogP contribution in [0.2, 0.25) is 0 Å². The van der Waals surface area contributed by atoms with Crippen molar-refractivity contribution in [2.24, 2.45) is 5.73 Å². The van der Waals surface area contributed by atoms with Gasteiger partial charge in [0, 0.05) is 6.54 Å². The van der Waals surface area contributed by atoms with Gasteiger partial charge < -0.3 is 15.8 Å². The van der Waals surface area contributed by atoms with E-state index in [2.05, 4.69) is 5.32 Å². The number of hydrogen-bond acceptors (Lipinski definition) is 4. The summed E-state index contributed by atoms with van der Waals surface area (Å²) in [5, 5.41) is 2.90. The Morgan fingerprint density at radius 2 is 1.48 bits per heavy atom. The van der Waals surface area contributed by atoms with Crippen molar-refractivity contribution in [3.63, 3.8) is 0 Å². The third-order valence-electron chi connectivity index (χ3n) is 3.28. The van der Waals surface area contributed by atoms with Gasteiger partial charge in [0.1, 0.15) is 0 Å². The van der Waals surface area contributed by atoms with Crippen molar-refractivity contribution >= 4 is 11.9 Å². The fourth-order valence-corrected chi connectivity index (χ4v) is 2.19. The monoisotopic (exact) mass is 312 g/mol. The first-order chi connectivity index (χ1) is 11.2. The van der Waals surface area contributed by atoms with Gasteiger partial charge in [-0.15, -0.1) is 0 Å². The van der Waals surface area contributed by atoms with E-state index in [0.717, 1.165) is 11.1 Å². The van der Waals surface area contributed by atoms with E-state index in [1.54, 1.807) is 0 Å². The molecular formula is C18H20N2O3. The summed E-state index contributed by atoms with van der Waals surface area (Å²) in [6, 6.07) is 19.0. The minimum atomic E-state index is -0.473. The minimum Gasteiger partial charge on any atom is -0.456 e. The first-order valence-electron chi connectivity index (χ1n) is 7.45. The van der Waals surface area contributed by atoms with Crippen LogP contribution in [0.4, 0.5) is 0 Å². The molecule has 0 unspecified atom stereocenters. The highest BCUT2D eigenvalue weighted by Crippen LogP contribution is 2.21. The van der Waals surface area contributed by atoms with Crippen molar-refractivity contribution in [2.45, 2.75) is 12.5 Å². The Kier molecular flexibility index (Phi) is 6.32. The average Bonchev–Trinajstić information content (AvgIpc) is 2.60. The summed E-state index contributed by atoms with van der Waals surface area (Å²) in [5.74, 6) is -0.827. The summed E-state index contributed by atoms with van der Waals surface area (Å²) >= 11 is 0. The van der Waals surface area contributed by atoms with Crippen molar-refractivity contribution in [1.29, 1.82) is 0 Å². The molecule has 0 aliphatic rings. The van der Waals surface area contributed by atoms with Gasteiger partial charge in [-0.05, 0) is 11.1 Å². The fraction of sp³-hybridized carbons (Fsp3) is 0.222. The molecule has 2 rings (SSSR count). The highest BCUT2D eigenvalue weighted by Gasteiger charge is 2.17. The molecule has 2 aromatic rings. The molecule has 0 bridgehead atoms. The second kappa shape index (κ2) is 8.70. The van der Waals surface area contributed by atoms with Crippen LogP contribution in [0.25, 0.3) is 0 Å². The maximum absolute atomic E-state index is 12.1. The van der Waals surface area contributed by atoms with Crippen LogP contribution in [-0.4, -0.2) is 25.0 Å². The topological polar surface area (TPSA) is 81.4 Å². The number of benzene rings is 2. The number of hydrogen-bond donors (Lipinski definition) is 2. The van der Waals surface area contributed by atoms with Crippen molar-refractivity contribution in [3.8, 4) is 0 Å². The van der Waals surface area contributed by atoms with Gasteiger partial charge in [0.05, 0.1) is 12.5 Å². The largest absolute Gasteiger partial charge is 0.456 e. The van der Waals surface area contributed by atoms with E-state index < -0.39 is 5.97 Å². The molecule has 0 fully saturated rings. The molecule has 3 N–H and O–H groups in total. The van der Waals surface area contributed by atoms with Crippen molar-refractivity contribution < 1.29 is 14.3 Å². The van der Waals surface area contributed by atoms with E-state index in [0.29, 0.717) is 0 Å². The highest BCUT2D eigenvalue weighted by atomic mass is 16.5. The van der Waals surface area contributed by atoms with E-state index in [4.69, 9.17) is 10.5 Å². The van der Waals surface area contributed by atoms with Crippen LogP contribution in [0, 0.1) is 0 Å². The van der Waals surface area contributed by atoms with E-state index in [9.17, 15) is 9.59 Å². The van der Waals surface area contributed by atoms with Crippen LogP contribution in [0.5, 0.6) is 0 Å². The van der Waals surface area contributed by atoms with Crippen LogP contribution in [0.3, 0.4) is 0 Å². The number of esters is 1. The molecule has 0 heterocycles. The molecule has 0 spiro atoms. The van der Waals surface area contributed by atoms with E-state index in [-0.39, 0.29) is 31.5 Å². The molecule has 0 aromatic heterocycles. The third-order valence-corrected chi connectivity index (χ3v) is 3.28. The molecule has 120 valence electrons. The van der Waals surface area contributed by atoms with Gasteiger partial charge in [0.2, 0.25) is 0 Å². The summed E-state index contributed by atoms with van der Waals surface area (Å²) in [6.07, 6.45) is 0.105. The normalized spacial score (nSPS) is 10.3. The lowest BCUT2D eigenvalue weighted by atomic mass is 9.99. The van der Waals surface area contributed by atoms with Gasteiger partial charge in [0.25, 0.3) is 5.91 Å². The van der Waals surface area contributed by atoms with Gasteiger partial charge in [-0.25, -0.2) is 0 Å². The summed E-state index contributed by atoms with van der Waals surface area (Å²) in [4.78, 5) is 23.4.